The highest BCUT2D eigenvalue weighted by Gasteiger charge is 2.33. The first-order valence-electron chi connectivity index (χ1n) is 6.27. The Morgan fingerprint density at radius 1 is 1.17 bits per heavy atom. The van der Waals surface area contributed by atoms with Gasteiger partial charge in [0, 0.05) is 5.69 Å². The molecule has 0 aliphatic heterocycles. The minimum Gasteiger partial charge on any atom is -0.496 e. The van der Waals surface area contributed by atoms with Crippen molar-refractivity contribution >= 4 is 49.9 Å². The van der Waals surface area contributed by atoms with Crippen molar-refractivity contribution in [2.75, 3.05) is 11.8 Å². The number of benzene rings is 2. The molecule has 10 heteroatoms. The molecule has 130 valence electrons. The minimum absolute atomic E-state index is 0.101. The topological polar surface area (TPSA) is 55.4 Å². The molecule has 2 aromatic carbocycles. The molecular formula is C14H10ClF3INO3S. The summed E-state index contributed by atoms with van der Waals surface area (Å²) in [7, 11) is -2.62. The summed E-state index contributed by atoms with van der Waals surface area (Å²) in [6, 6.07) is 6.89. The van der Waals surface area contributed by atoms with Crippen LogP contribution < -0.4 is 9.46 Å². The maximum absolute atomic E-state index is 12.8. The standard InChI is InChI=1S/C14H10ClF3INO3S/c1-23-13-5-3-9(7-12(13)19)24(21,22)20-8-2-4-11(15)10(6-8)14(16,17)18/h2-7,20H,1H3. The SMILES string of the molecule is COc1ccc(S(=O)(=O)Nc2ccc(Cl)c(C(F)(F)F)c2)cc1I. The van der Waals surface area contributed by atoms with Crippen LogP contribution >= 0.6 is 34.2 Å². The third-order valence-electron chi connectivity index (χ3n) is 2.96. The Hall–Kier alpha value is -1.20. The monoisotopic (exact) mass is 491 g/mol. The Balaban J connectivity index is 2.38. The van der Waals surface area contributed by atoms with Gasteiger partial charge in [0.2, 0.25) is 0 Å². The Morgan fingerprint density at radius 3 is 2.38 bits per heavy atom. The van der Waals surface area contributed by atoms with Crippen LogP contribution in [0.1, 0.15) is 5.56 Å². The number of rotatable bonds is 4. The van der Waals surface area contributed by atoms with E-state index in [0.717, 1.165) is 12.1 Å². The van der Waals surface area contributed by atoms with E-state index >= 15 is 0 Å². The lowest BCUT2D eigenvalue weighted by Gasteiger charge is -2.13. The van der Waals surface area contributed by atoms with Crippen LogP contribution in [-0.2, 0) is 16.2 Å². The Morgan fingerprint density at radius 2 is 1.83 bits per heavy atom. The fourth-order valence-electron chi connectivity index (χ4n) is 1.83. The molecule has 2 rings (SSSR count). The fourth-order valence-corrected chi connectivity index (χ4v) is 4.08. The van der Waals surface area contributed by atoms with Gasteiger partial charge in [0.05, 0.1) is 26.2 Å². The quantitative estimate of drug-likeness (QED) is 0.627. The van der Waals surface area contributed by atoms with E-state index in [1.54, 1.807) is 0 Å². The van der Waals surface area contributed by atoms with Crippen molar-refractivity contribution in [3.8, 4) is 5.75 Å². The van der Waals surface area contributed by atoms with Crippen LogP contribution in [0.4, 0.5) is 18.9 Å². The summed E-state index contributed by atoms with van der Waals surface area (Å²) in [5.41, 5.74) is -1.36. The van der Waals surface area contributed by atoms with E-state index in [1.807, 2.05) is 22.6 Å². The van der Waals surface area contributed by atoms with E-state index in [1.165, 1.54) is 25.3 Å². The molecule has 0 unspecified atom stereocenters. The lowest BCUT2D eigenvalue weighted by molar-refractivity contribution is -0.137. The largest absolute Gasteiger partial charge is 0.496 e. The van der Waals surface area contributed by atoms with Crippen molar-refractivity contribution in [2.45, 2.75) is 11.1 Å². The Bertz CT molecular complexity index is 872. The molecule has 1 N–H and O–H groups in total. The van der Waals surface area contributed by atoms with Gasteiger partial charge in [-0.05, 0) is 59.0 Å². The molecule has 2 aromatic rings. The molecule has 0 aliphatic carbocycles. The molecule has 0 fully saturated rings. The second-order valence-electron chi connectivity index (χ2n) is 4.59. The summed E-state index contributed by atoms with van der Waals surface area (Å²) in [6.45, 7) is 0. The van der Waals surface area contributed by atoms with E-state index < -0.39 is 26.8 Å². The highest BCUT2D eigenvalue weighted by molar-refractivity contribution is 14.1. The normalized spacial score (nSPS) is 12.1. The fraction of sp³-hybridized carbons (Fsp3) is 0.143. The maximum atomic E-state index is 12.8. The number of methoxy groups -OCH3 is 1. The molecule has 4 nitrogen and oxygen atoms in total. The van der Waals surface area contributed by atoms with Gasteiger partial charge in [-0.3, -0.25) is 4.72 Å². The smallest absolute Gasteiger partial charge is 0.417 e. The van der Waals surface area contributed by atoms with Crippen LogP contribution in [0.2, 0.25) is 5.02 Å². The number of nitrogens with one attached hydrogen (secondary N) is 1. The zero-order valence-electron chi connectivity index (χ0n) is 12.0. The predicted octanol–water partition coefficient (Wildman–Crippen LogP) is 4.77. The molecule has 0 spiro atoms. The van der Waals surface area contributed by atoms with Gasteiger partial charge in [-0.15, -0.1) is 0 Å². The molecule has 0 saturated heterocycles. The number of ether oxygens (including phenoxy) is 1. The van der Waals surface area contributed by atoms with E-state index in [9.17, 15) is 21.6 Å². The third-order valence-corrected chi connectivity index (χ3v) is 5.51. The van der Waals surface area contributed by atoms with Gasteiger partial charge < -0.3 is 4.74 Å². The second kappa shape index (κ2) is 6.96. The van der Waals surface area contributed by atoms with E-state index in [0.29, 0.717) is 15.4 Å². The first-order chi connectivity index (χ1) is 11.0. The summed E-state index contributed by atoms with van der Waals surface area (Å²) in [4.78, 5) is -0.101. The number of hydrogen-bond acceptors (Lipinski definition) is 3. The Labute approximate surface area is 155 Å². The van der Waals surface area contributed by atoms with Crippen molar-refractivity contribution in [3.63, 3.8) is 0 Å². The van der Waals surface area contributed by atoms with Gasteiger partial charge in [0.15, 0.2) is 0 Å². The van der Waals surface area contributed by atoms with Crippen LogP contribution in [0.15, 0.2) is 41.3 Å². The molecule has 0 amide bonds. The van der Waals surface area contributed by atoms with Gasteiger partial charge in [0.1, 0.15) is 5.75 Å². The molecule has 0 atom stereocenters. The molecule has 0 aromatic heterocycles. The minimum atomic E-state index is -4.69. The first kappa shape index (κ1) is 19.1. The highest BCUT2D eigenvalue weighted by atomic mass is 127. The van der Waals surface area contributed by atoms with Crippen molar-refractivity contribution in [3.05, 3.63) is 50.6 Å². The number of halogens is 5. The highest BCUT2D eigenvalue weighted by Crippen LogP contribution is 2.36. The van der Waals surface area contributed by atoms with Crippen LogP contribution in [0.5, 0.6) is 5.75 Å². The average molecular weight is 492 g/mol. The second-order valence-corrected chi connectivity index (χ2v) is 7.85. The van der Waals surface area contributed by atoms with Gasteiger partial charge in [-0.2, -0.15) is 13.2 Å². The van der Waals surface area contributed by atoms with Gasteiger partial charge in [-0.1, -0.05) is 11.6 Å². The molecule has 24 heavy (non-hydrogen) atoms. The van der Waals surface area contributed by atoms with Gasteiger partial charge >= 0.3 is 6.18 Å². The van der Waals surface area contributed by atoms with Gasteiger partial charge in [-0.25, -0.2) is 8.42 Å². The van der Waals surface area contributed by atoms with Crippen molar-refractivity contribution in [2.24, 2.45) is 0 Å². The van der Waals surface area contributed by atoms with Gasteiger partial charge in [0.25, 0.3) is 10.0 Å². The number of sulfonamides is 1. The average Bonchev–Trinajstić information content (AvgIpc) is 2.47. The zero-order valence-corrected chi connectivity index (χ0v) is 15.7. The molecule has 0 aliphatic rings. The molecule has 0 heterocycles. The lowest BCUT2D eigenvalue weighted by atomic mass is 10.2. The lowest BCUT2D eigenvalue weighted by Crippen LogP contribution is -2.14. The summed E-state index contributed by atoms with van der Waals surface area (Å²) in [6.07, 6.45) is -4.69. The van der Waals surface area contributed by atoms with Crippen LogP contribution in [0.3, 0.4) is 0 Å². The summed E-state index contributed by atoms with van der Waals surface area (Å²) in [5, 5.41) is -0.510. The first-order valence-corrected chi connectivity index (χ1v) is 9.21. The summed E-state index contributed by atoms with van der Waals surface area (Å²) >= 11 is 7.40. The third kappa shape index (κ3) is 4.25. The zero-order chi connectivity index (χ0) is 18.1. The van der Waals surface area contributed by atoms with Crippen molar-refractivity contribution < 1.29 is 26.3 Å². The summed E-state index contributed by atoms with van der Waals surface area (Å²) < 4.78 is 70.9. The van der Waals surface area contributed by atoms with Crippen molar-refractivity contribution in [1.82, 2.24) is 0 Å². The van der Waals surface area contributed by atoms with E-state index in [2.05, 4.69) is 4.72 Å². The Kier molecular flexibility index (Phi) is 5.55. The molecule has 0 bridgehead atoms. The van der Waals surface area contributed by atoms with E-state index in [4.69, 9.17) is 16.3 Å². The van der Waals surface area contributed by atoms with Crippen molar-refractivity contribution in [1.29, 1.82) is 0 Å². The molecule has 0 radical (unpaired) electrons. The number of hydrogen-bond donors (Lipinski definition) is 1. The molecule has 0 saturated carbocycles. The molecular weight excluding hydrogens is 482 g/mol. The predicted molar refractivity (Wildman–Crippen MR) is 93.0 cm³/mol. The maximum Gasteiger partial charge on any atom is 0.417 e. The van der Waals surface area contributed by atoms with Crippen LogP contribution in [-0.4, -0.2) is 15.5 Å². The van der Waals surface area contributed by atoms with Crippen LogP contribution in [0.25, 0.3) is 0 Å². The number of alkyl halides is 3. The van der Waals surface area contributed by atoms with E-state index in [-0.39, 0.29) is 10.6 Å². The van der Waals surface area contributed by atoms with Crippen LogP contribution in [0, 0.1) is 3.57 Å². The number of anilines is 1. The summed E-state index contributed by atoms with van der Waals surface area (Å²) in [5.74, 6) is 0.486.